The molecule has 1 N–H and O–H groups in total. The minimum absolute atomic E-state index is 0.00984. The van der Waals surface area contributed by atoms with Crippen molar-refractivity contribution in [2.75, 3.05) is 11.2 Å². The van der Waals surface area contributed by atoms with E-state index < -0.39 is 17.7 Å². The lowest BCUT2D eigenvalue weighted by molar-refractivity contribution is -0.132. The van der Waals surface area contributed by atoms with Crippen molar-refractivity contribution in [1.82, 2.24) is 10.2 Å². The minimum Gasteiger partial charge on any atom is -0.507 e. The maximum Gasteiger partial charge on any atom is 0.301 e. The third-order valence-corrected chi connectivity index (χ3v) is 6.57. The van der Waals surface area contributed by atoms with Gasteiger partial charge in [0.05, 0.1) is 11.6 Å². The highest BCUT2D eigenvalue weighted by Gasteiger charge is 2.48. The van der Waals surface area contributed by atoms with Gasteiger partial charge in [-0.25, -0.2) is 0 Å². The maximum atomic E-state index is 13.0. The molecule has 4 rings (SSSR count). The molecule has 1 amide bonds. The number of anilines is 1. The SMILES string of the molecule is CSc1nnc(N2C(=O)C(=O)/C(=C(/O)c3ccccc3)[C@@H]2c2cccc(Cl)c2)s1. The summed E-state index contributed by atoms with van der Waals surface area (Å²) in [5, 5.41) is 19.8. The van der Waals surface area contributed by atoms with Crippen LogP contribution in [0.2, 0.25) is 5.02 Å². The van der Waals surface area contributed by atoms with E-state index in [0.29, 0.717) is 20.5 Å². The number of thioether (sulfide) groups is 1. The zero-order chi connectivity index (χ0) is 20.5. The van der Waals surface area contributed by atoms with Gasteiger partial charge in [-0.2, -0.15) is 0 Å². The van der Waals surface area contributed by atoms with Crippen LogP contribution in [-0.4, -0.2) is 33.3 Å². The highest BCUT2D eigenvalue weighted by Crippen LogP contribution is 2.43. The number of halogens is 1. The molecule has 146 valence electrons. The van der Waals surface area contributed by atoms with Gasteiger partial charge in [-0.1, -0.05) is 77.2 Å². The molecule has 0 aliphatic carbocycles. The highest BCUT2D eigenvalue weighted by molar-refractivity contribution is 8.00. The summed E-state index contributed by atoms with van der Waals surface area (Å²) >= 11 is 8.76. The van der Waals surface area contributed by atoms with Crippen LogP contribution in [0.25, 0.3) is 5.76 Å². The molecule has 1 aliphatic heterocycles. The van der Waals surface area contributed by atoms with Crippen LogP contribution in [0.15, 0.2) is 64.5 Å². The van der Waals surface area contributed by atoms with E-state index in [9.17, 15) is 14.7 Å². The minimum atomic E-state index is -0.864. The van der Waals surface area contributed by atoms with Crippen LogP contribution < -0.4 is 4.90 Å². The molecule has 0 radical (unpaired) electrons. The summed E-state index contributed by atoms with van der Waals surface area (Å²) in [5.74, 6) is -1.79. The number of aliphatic hydroxyl groups excluding tert-OH is 1. The van der Waals surface area contributed by atoms with Crippen molar-refractivity contribution in [3.63, 3.8) is 0 Å². The second-order valence-corrected chi connectivity index (χ2v) is 8.59. The molecule has 2 heterocycles. The lowest BCUT2D eigenvalue weighted by Gasteiger charge is -2.22. The van der Waals surface area contributed by atoms with Crippen molar-refractivity contribution >= 4 is 57.3 Å². The van der Waals surface area contributed by atoms with Crippen LogP contribution in [0.3, 0.4) is 0 Å². The maximum absolute atomic E-state index is 13.0. The van der Waals surface area contributed by atoms with Crippen LogP contribution in [0.1, 0.15) is 17.2 Å². The van der Waals surface area contributed by atoms with Crippen LogP contribution in [0.5, 0.6) is 0 Å². The Bertz CT molecular complexity index is 1130. The Morgan fingerprint density at radius 2 is 1.90 bits per heavy atom. The second-order valence-electron chi connectivity index (χ2n) is 6.14. The van der Waals surface area contributed by atoms with Crippen LogP contribution >= 0.6 is 34.7 Å². The van der Waals surface area contributed by atoms with Crippen molar-refractivity contribution in [3.05, 3.63) is 76.3 Å². The van der Waals surface area contributed by atoms with Gasteiger partial charge in [-0.3, -0.25) is 14.5 Å². The summed E-state index contributed by atoms with van der Waals surface area (Å²) in [7, 11) is 0. The predicted molar refractivity (Wildman–Crippen MR) is 114 cm³/mol. The smallest absolute Gasteiger partial charge is 0.301 e. The summed E-state index contributed by atoms with van der Waals surface area (Å²) in [6, 6.07) is 14.6. The quantitative estimate of drug-likeness (QED) is 0.209. The fraction of sp³-hybridized carbons (Fsp3) is 0.100. The zero-order valence-corrected chi connectivity index (χ0v) is 17.5. The number of carbonyl (C=O) groups excluding carboxylic acids is 2. The van der Waals surface area contributed by atoms with Crippen LogP contribution in [0.4, 0.5) is 5.13 Å². The lowest BCUT2D eigenvalue weighted by Crippen LogP contribution is -2.29. The van der Waals surface area contributed by atoms with Crippen LogP contribution in [0, 0.1) is 0 Å². The number of ketones is 1. The fourth-order valence-corrected chi connectivity index (χ4v) is 4.64. The van der Waals surface area contributed by atoms with E-state index in [4.69, 9.17) is 11.6 Å². The zero-order valence-electron chi connectivity index (χ0n) is 15.1. The molecule has 6 nitrogen and oxygen atoms in total. The van der Waals surface area contributed by atoms with Gasteiger partial charge in [-0.15, -0.1) is 10.2 Å². The molecule has 1 atom stereocenters. The number of hydrogen-bond donors (Lipinski definition) is 1. The molecule has 1 saturated heterocycles. The number of carbonyl (C=O) groups is 2. The Balaban J connectivity index is 1.94. The molecular formula is C20H14ClN3O3S2. The number of Topliss-reactive ketones (excluding diaryl/α,β-unsaturated/α-hetero) is 1. The Morgan fingerprint density at radius 1 is 1.14 bits per heavy atom. The van der Waals surface area contributed by atoms with E-state index in [1.807, 2.05) is 6.26 Å². The molecule has 0 saturated carbocycles. The van der Waals surface area contributed by atoms with Gasteiger partial charge in [0, 0.05) is 10.6 Å². The topological polar surface area (TPSA) is 83.4 Å². The Kier molecular flexibility index (Phi) is 5.40. The summed E-state index contributed by atoms with van der Waals surface area (Å²) in [6.07, 6.45) is 1.85. The Morgan fingerprint density at radius 3 is 2.55 bits per heavy atom. The number of aliphatic hydroxyl groups is 1. The van der Waals surface area contributed by atoms with Crippen molar-refractivity contribution in [1.29, 1.82) is 0 Å². The number of rotatable bonds is 4. The first-order chi connectivity index (χ1) is 14.0. The van der Waals surface area contributed by atoms with Gasteiger partial charge in [-0.05, 0) is 24.0 Å². The first-order valence-corrected chi connectivity index (χ1v) is 10.9. The first-order valence-electron chi connectivity index (χ1n) is 8.50. The Hall–Kier alpha value is -2.68. The van der Waals surface area contributed by atoms with E-state index in [2.05, 4.69) is 10.2 Å². The fourth-order valence-electron chi connectivity index (χ4n) is 3.16. The van der Waals surface area contributed by atoms with Gasteiger partial charge in [0.1, 0.15) is 5.76 Å². The van der Waals surface area contributed by atoms with Gasteiger partial charge in [0.2, 0.25) is 5.13 Å². The molecular weight excluding hydrogens is 430 g/mol. The number of nitrogens with zero attached hydrogens (tertiary/aromatic N) is 3. The molecule has 0 bridgehead atoms. The Labute approximate surface area is 179 Å². The lowest BCUT2D eigenvalue weighted by atomic mass is 9.95. The molecule has 2 aromatic carbocycles. The molecule has 1 aliphatic rings. The second kappa shape index (κ2) is 7.98. The summed E-state index contributed by atoms with van der Waals surface area (Å²) in [4.78, 5) is 27.2. The van der Waals surface area contributed by atoms with E-state index in [-0.39, 0.29) is 16.5 Å². The van der Waals surface area contributed by atoms with Gasteiger partial charge >= 0.3 is 5.91 Å². The van der Waals surface area contributed by atoms with E-state index >= 15 is 0 Å². The van der Waals surface area contributed by atoms with E-state index in [1.54, 1.807) is 54.6 Å². The van der Waals surface area contributed by atoms with Crippen LogP contribution in [-0.2, 0) is 9.59 Å². The molecule has 9 heteroatoms. The normalized spacial score (nSPS) is 18.4. The number of aromatic nitrogens is 2. The monoisotopic (exact) mass is 443 g/mol. The number of amides is 1. The molecule has 1 aromatic heterocycles. The van der Waals surface area contributed by atoms with Crippen molar-refractivity contribution in [2.45, 2.75) is 10.4 Å². The van der Waals surface area contributed by atoms with Crippen molar-refractivity contribution < 1.29 is 14.7 Å². The average molecular weight is 444 g/mol. The molecule has 29 heavy (non-hydrogen) atoms. The van der Waals surface area contributed by atoms with Crippen molar-refractivity contribution in [3.8, 4) is 0 Å². The summed E-state index contributed by atoms with van der Waals surface area (Å²) in [5.41, 5.74) is 1.03. The number of hydrogen-bond acceptors (Lipinski definition) is 7. The van der Waals surface area contributed by atoms with Gasteiger partial charge in [0.25, 0.3) is 5.78 Å². The highest BCUT2D eigenvalue weighted by atomic mass is 35.5. The molecule has 1 fully saturated rings. The standard InChI is InChI=1S/C20H14ClN3O3S2/c1-28-20-23-22-19(29-20)24-15(12-8-5-9-13(21)10-12)14(17(26)18(24)27)16(25)11-6-3-2-4-7-11/h2-10,15,25H,1H3/b16-14+/t15-/m0/s1. The molecule has 0 spiro atoms. The van der Waals surface area contributed by atoms with Gasteiger partial charge in [0.15, 0.2) is 4.34 Å². The largest absolute Gasteiger partial charge is 0.507 e. The molecule has 3 aromatic rings. The van der Waals surface area contributed by atoms with Gasteiger partial charge < -0.3 is 5.11 Å². The summed E-state index contributed by atoms with van der Waals surface area (Å²) < 4.78 is 0.662. The third-order valence-electron chi connectivity index (χ3n) is 4.43. The molecule has 0 unspecified atom stereocenters. The van der Waals surface area contributed by atoms with E-state index in [1.165, 1.54) is 28.0 Å². The summed E-state index contributed by atoms with van der Waals surface area (Å²) in [6.45, 7) is 0. The predicted octanol–water partition coefficient (Wildman–Crippen LogP) is 4.54. The average Bonchev–Trinajstić information content (AvgIpc) is 3.31. The third kappa shape index (κ3) is 3.55. The van der Waals surface area contributed by atoms with Crippen molar-refractivity contribution in [2.24, 2.45) is 0 Å². The van der Waals surface area contributed by atoms with E-state index in [0.717, 1.165) is 0 Å². The first kappa shape index (κ1) is 19.6. The number of benzene rings is 2.